The van der Waals surface area contributed by atoms with Gasteiger partial charge < -0.3 is 10.6 Å². The van der Waals surface area contributed by atoms with E-state index in [9.17, 15) is 18.0 Å². The van der Waals surface area contributed by atoms with E-state index < -0.39 is 28.4 Å². The zero-order valence-electron chi connectivity index (χ0n) is 14.3. The molecule has 2 aromatic carbocycles. The SMILES string of the molecule is Cc1ccc(S(=O)(=O)NCC(=O)NCC(=O)Nc2ccc(Cl)c(Cl)c2)cc1. The van der Waals surface area contributed by atoms with Crippen LogP contribution in [0.3, 0.4) is 0 Å². The average Bonchev–Trinajstić information content (AvgIpc) is 2.62. The van der Waals surface area contributed by atoms with Gasteiger partial charge in [0, 0.05) is 5.69 Å². The number of amides is 2. The van der Waals surface area contributed by atoms with Crippen LogP contribution < -0.4 is 15.4 Å². The van der Waals surface area contributed by atoms with Gasteiger partial charge in [0.05, 0.1) is 28.0 Å². The van der Waals surface area contributed by atoms with Gasteiger partial charge in [-0.15, -0.1) is 0 Å². The van der Waals surface area contributed by atoms with Crippen LogP contribution in [0.5, 0.6) is 0 Å². The molecular formula is C17H17Cl2N3O4S. The molecule has 0 aliphatic rings. The number of rotatable bonds is 7. The molecule has 0 fully saturated rings. The Labute approximate surface area is 167 Å². The molecule has 144 valence electrons. The smallest absolute Gasteiger partial charge is 0.243 e. The Bertz CT molecular complexity index is 947. The number of benzene rings is 2. The number of anilines is 1. The van der Waals surface area contributed by atoms with E-state index >= 15 is 0 Å². The summed E-state index contributed by atoms with van der Waals surface area (Å²) in [5, 5.41) is 5.49. The van der Waals surface area contributed by atoms with Gasteiger partial charge in [-0.05, 0) is 37.3 Å². The lowest BCUT2D eigenvalue weighted by Gasteiger charge is -2.09. The highest BCUT2D eigenvalue weighted by Gasteiger charge is 2.15. The van der Waals surface area contributed by atoms with Crippen LogP contribution in [-0.2, 0) is 19.6 Å². The molecule has 0 aliphatic carbocycles. The largest absolute Gasteiger partial charge is 0.346 e. The predicted molar refractivity (Wildman–Crippen MR) is 104 cm³/mol. The minimum atomic E-state index is -3.81. The summed E-state index contributed by atoms with van der Waals surface area (Å²) in [6, 6.07) is 10.8. The van der Waals surface area contributed by atoms with Crippen LogP contribution in [0.1, 0.15) is 5.56 Å². The van der Waals surface area contributed by atoms with Gasteiger partial charge in [-0.2, -0.15) is 0 Å². The molecule has 0 aliphatic heterocycles. The Kier molecular flexibility index (Phi) is 7.20. The van der Waals surface area contributed by atoms with E-state index in [1.54, 1.807) is 18.2 Å². The zero-order valence-corrected chi connectivity index (χ0v) is 16.6. The number of hydrogen-bond donors (Lipinski definition) is 3. The second kappa shape index (κ2) is 9.18. The van der Waals surface area contributed by atoms with Gasteiger partial charge in [-0.1, -0.05) is 40.9 Å². The van der Waals surface area contributed by atoms with E-state index in [4.69, 9.17) is 23.2 Å². The maximum Gasteiger partial charge on any atom is 0.243 e. The molecule has 10 heteroatoms. The molecule has 2 aromatic rings. The number of carbonyl (C=O) groups is 2. The Balaban J connectivity index is 1.80. The Hall–Kier alpha value is -2.13. The molecule has 0 radical (unpaired) electrons. The van der Waals surface area contributed by atoms with Crippen molar-refractivity contribution >= 4 is 50.7 Å². The minimum absolute atomic E-state index is 0.0539. The topological polar surface area (TPSA) is 104 Å². The van der Waals surface area contributed by atoms with Gasteiger partial charge in [0.1, 0.15) is 0 Å². The Morgan fingerprint density at radius 3 is 2.22 bits per heavy atom. The van der Waals surface area contributed by atoms with Gasteiger partial charge in [0.25, 0.3) is 0 Å². The molecule has 0 aromatic heterocycles. The fourth-order valence-electron chi connectivity index (χ4n) is 1.98. The first-order valence-electron chi connectivity index (χ1n) is 7.75. The molecule has 2 amide bonds. The maximum absolute atomic E-state index is 12.1. The lowest BCUT2D eigenvalue weighted by Crippen LogP contribution is -2.40. The highest BCUT2D eigenvalue weighted by molar-refractivity contribution is 7.89. The van der Waals surface area contributed by atoms with Crippen molar-refractivity contribution in [2.24, 2.45) is 0 Å². The molecule has 0 heterocycles. The summed E-state index contributed by atoms with van der Waals surface area (Å²) in [5.41, 5.74) is 1.34. The van der Waals surface area contributed by atoms with Crippen molar-refractivity contribution in [2.45, 2.75) is 11.8 Å². The van der Waals surface area contributed by atoms with Crippen LogP contribution in [0.15, 0.2) is 47.4 Å². The summed E-state index contributed by atoms with van der Waals surface area (Å²) in [4.78, 5) is 23.7. The second-order valence-corrected chi connectivity index (χ2v) is 8.17. The molecule has 27 heavy (non-hydrogen) atoms. The van der Waals surface area contributed by atoms with Crippen LogP contribution in [0.4, 0.5) is 5.69 Å². The van der Waals surface area contributed by atoms with E-state index in [1.165, 1.54) is 24.3 Å². The van der Waals surface area contributed by atoms with Crippen LogP contribution in [0, 0.1) is 6.92 Å². The lowest BCUT2D eigenvalue weighted by molar-refractivity contribution is -0.123. The summed E-state index contributed by atoms with van der Waals surface area (Å²) < 4.78 is 26.4. The van der Waals surface area contributed by atoms with Gasteiger partial charge in [-0.3, -0.25) is 9.59 Å². The molecule has 0 atom stereocenters. The second-order valence-electron chi connectivity index (χ2n) is 5.59. The Morgan fingerprint density at radius 2 is 1.59 bits per heavy atom. The molecule has 0 saturated carbocycles. The van der Waals surface area contributed by atoms with Crippen molar-refractivity contribution in [2.75, 3.05) is 18.4 Å². The fraction of sp³-hybridized carbons (Fsp3) is 0.176. The number of halogens is 2. The highest BCUT2D eigenvalue weighted by Crippen LogP contribution is 2.24. The van der Waals surface area contributed by atoms with Crippen molar-refractivity contribution in [1.82, 2.24) is 10.0 Å². The van der Waals surface area contributed by atoms with Crippen LogP contribution >= 0.6 is 23.2 Å². The molecule has 7 nitrogen and oxygen atoms in total. The minimum Gasteiger partial charge on any atom is -0.346 e. The van der Waals surface area contributed by atoms with E-state index in [2.05, 4.69) is 15.4 Å². The number of sulfonamides is 1. The van der Waals surface area contributed by atoms with Crippen LogP contribution in [-0.4, -0.2) is 33.3 Å². The van der Waals surface area contributed by atoms with E-state index in [-0.39, 0.29) is 16.5 Å². The van der Waals surface area contributed by atoms with Crippen molar-refractivity contribution < 1.29 is 18.0 Å². The summed E-state index contributed by atoms with van der Waals surface area (Å²) >= 11 is 11.6. The van der Waals surface area contributed by atoms with Crippen molar-refractivity contribution in [1.29, 1.82) is 0 Å². The third kappa shape index (κ3) is 6.51. The lowest BCUT2D eigenvalue weighted by atomic mass is 10.2. The van der Waals surface area contributed by atoms with Crippen LogP contribution in [0.25, 0.3) is 0 Å². The normalized spacial score (nSPS) is 11.1. The van der Waals surface area contributed by atoms with E-state index in [0.29, 0.717) is 10.7 Å². The summed E-state index contributed by atoms with van der Waals surface area (Å²) in [6.07, 6.45) is 0. The molecule has 0 spiro atoms. The maximum atomic E-state index is 12.1. The standard InChI is InChI=1S/C17H17Cl2N3O4S/c1-11-2-5-13(6-3-11)27(25,26)21-10-16(23)20-9-17(24)22-12-4-7-14(18)15(19)8-12/h2-8,21H,9-10H2,1H3,(H,20,23)(H,22,24). The van der Waals surface area contributed by atoms with Gasteiger partial charge >= 0.3 is 0 Å². The number of aryl methyl sites for hydroxylation is 1. The molecule has 2 rings (SSSR count). The third-order valence-corrected chi connectivity index (χ3v) is 5.56. The Morgan fingerprint density at radius 1 is 0.926 bits per heavy atom. The first-order valence-corrected chi connectivity index (χ1v) is 9.99. The fourth-order valence-corrected chi connectivity index (χ4v) is 3.26. The van der Waals surface area contributed by atoms with E-state index in [1.807, 2.05) is 6.92 Å². The zero-order chi connectivity index (χ0) is 20.0. The first kappa shape index (κ1) is 21.2. The third-order valence-electron chi connectivity index (χ3n) is 3.40. The quantitative estimate of drug-likeness (QED) is 0.627. The first-order chi connectivity index (χ1) is 12.7. The van der Waals surface area contributed by atoms with Crippen molar-refractivity contribution in [3.05, 3.63) is 58.1 Å². The molecule has 3 N–H and O–H groups in total. The number of hydrogen-bond acceptors (Lipinski definition) is 4. The molecule has 0 saturated heterocycles. The van der Waals surface area contributed by atoms with Gasteiger partial charge in [0.2, 0.25) is 21.8 Å². The molecule has 0 bridgehead atoms. The molecule has 0 unspecified atom stereocenters. The molecular weight excluding hydrogens is 413 g/mol. The monoisotopic (exact) mass is 429 g/mol. The number of carbonyl (C=O) groups excluding carboxylic acids is 2. The van der Waals surface area contributed by atoms with Gasteiger partial charge in [0.15, 0.2) is 0 Å². The van der Waals surface area contributed by atoms with Crippen LogP contribution in [0.2, 0.25) is 10.0 Å². The van der Waals surface area contributed by atoms with E-state index in [0.717, 1.165) is 5.56 Å². The number of nitrogens with one attached hydrogen (secondary N) is 3. The summed E-state index contributed by atoms with van der Waals surface area (Å²) in [7, 11) is -3.81. The van der Waals surface area contributed by atoms with Crippen molar-refractivity contribution in [3.8, 4) is 0 Å². The predicted octanol–water partition coefficient (Wildman–Crippen LogP) is 2.34. The van der Waals surface area contributed by atoms with Gasteiger partial charge in [-0.25, -0.2) is 13.1 Å². The summed E-state index contributed by atoms with van der Waals surface area (Å²) in [6.45, 7) is 1.02. The average molecular weight is 430 g/mol. The highest BCUT2D eigenvalue weighted by atomic mass is 35.5. The summed E-state index contributed by atoms with van der Waals surface area (Å²) in [5.74, 6) is -1.14. The van der Waals surface area contributed by atoms with Crippen molar-refractivity contribution in [3.63, 3.8) is 0 Å².